The van der Waals surface area contributed by atoms with Crippen LogP contribution in [0.2, 0.25) is 0 Å². The number of aromatic nitrogens is 2. The minimum absolute atomic E-state index is 0.545. The summed E-state index contributed by atoms with van der Waals surface area (Å²) in [6, 6.07) is 6.08. The van der Waals surface area contributed by atoms with Crippen LogP contribution in [0, 0.1) is 13.8 Å². The van der Waals surface area contributed by atoms with Gasteiger partial charge in [-0.15, -0.1) is 0 Å². The van der Waals surface area contributed by atoms with E-state index in [1.165, 1.54) is 17.5 Å². The van der Waals surface area contributed by atoms with E-state index in [2.05, 4.69) is 35.2 Å². The summed E-state index contributed by atoms with van der Waals surface area (Å²) in [5.74, 6) is 0.642. The number of nitrogens with two attached hydrogens (primary N) is 1. The summed E-state index contributed by atoms with van der Waals surface area (Å²) in [7, 11) is 0. The van der Waals surface area contributed by atoms with Crippen molar-refractivity contribution in [1.29, 1.82) is 0 Å². The highest BCUT2D eigenvalue weighted by molar-refractivity contribution is 5.69. The standard InChI is InChI=1S/C12H14N4/c1-8-4-3-5-11(9(8)2)16-12-10(13)6-14-7-15-12/h3-7H,13H2,1-2H3,(H,14,15,16). The van der Waals surface area contributed by atoms with Crippen LogP contribution in [0.25, 0.3) is 0 Å². The second kappa shape index (κ2) is 4.18. The molecule has 4 heteroatoms. The molecule has 2 rings (SSSR count). The van der Waals surface area contributed by atoms with Gasteiger partial charge >= 0.3 is 0 Å². The van der Waals surface area contributed by atoms with E-state index in [9.17, 15) is 0 Å². The Morgan fingerprint density at radius 1 is 1.25 bits per heavy atom. The maximum Gasteiger partial charge on any atom is 0.157 e. The van der Waals surface area contributed by atoms with Crippen LogP contribution in [-0.2, 0) is 0 Å². The fraction of sp³-hybridized carbons (Fsp3) is 0.167. The first-order valence-electron chi connectivity index (χ1n) is 5.07. The lowest BCUT2D eigenvalue weighted by atomic mass is 10.1. The molecule has 16 heavy (non-hydrogen) atoms. The number of rotatable bonds is 2. The molecule has 0 bridgehead atoms. The molecule has 0 saturated heterocycles. The second-order valence-corrected chi connectivity index (χ2v) is 3.70. The number of benzene rings is 1. The molecular weight excluding hydrogens is 200 g/mol. The average molecular weight is 214 g/mol. The smallest absolute Gasteiger partial charge is 0.157 e. The largest absolute Gasteiger partial charge is 0.394 e. The Kier molecular flexibility index (Phi) is 2.72. The lowest BCUT2D eigenvalue weighted by Crippen LogP contribution is -2.01. The van der Waals surface area contributed by atoms with Crippen molar-refractivity contribution >= 4 is 17.2 Å². The van der Waals surface area contributed by atoms with Crippen molar-refractivity contribution in [2.24, 2.45) is 0 Å². The van der Waals surface area contributed by atoms with E-state index in [-0.39, 0.29) is 0 Å². The molecule has 1 aromatic carbocycles. The molecule has 2 aromatic rings. The zero-order chi connectivity index (χ0) is 11.5. The maximum atomic E-state index is 5.77. The van der Waals surface area contributed by atoms with Crippen LogP contribution in [-0.4, -0.2) is 9.97 Å². The molecule has 0 spiro atoms. The van der Waals surface area contributed by atoms with E-state index < -0.39 is 0 Å². The summed E-state index contributed by atoms with van der Waals surface area (Å²) in [6.07, 6.45) is 3.06. The minimum atomic E-state index is 0.545. The van der Waals surface area contributed by atoms with Crippen LogP contribution in [0.1, 0.15) is 11.1 Å². The van der Waals surface area contributed by atoms with Gasteiger partial charge in [-0.05, 0) is 31.0 Å². The van der Waals surface area contributed by atoms with Gasteiger partial charge in [-0.2, -0.15) is 0 Å². The average Bonchev–Trinajstić information content (AvgIpc) is 2.28. The Labute approximate surface area is 94.5 Å². The van der Waals surface area contributed by atoms with Gasteiger partial charge in [-0.1, -0.05) is 12.1 Å². The first-order valence-corrected chi connectivity index (χ1v) is 5.07. The van der Waals surface area contributed by atoms with E-state index in [1.807, 2.05) is 12.1 Å². The number of hydrogen-bond acceptors (Lipinski definition) is 4. The fourth-order valence-corrected chi connectivity index (χ4v) is 1.46. The second-order valence-electron chi connectivity index (χ2n) is 3.70. The van der Waals surface area contributed by atoms with Crippen LogP contribution >= 0.6 is 0 Å². The lowest BCUT2D eigenvalue weighted by Gasteiger charge is -2.11. The van der Waals surface area contributed by atoms with Crippen molar-refractivity contribution < 1.29 is 0 Å². The summed E-state index contributed by atoms with van der Waals surface area (Å²) in [5.41, 5.74) is 9.76. The third-order valence-corrected chi connectivity index (χ3v) is 2.60. The molecule has 0 fully saturated rings. The van der Waals surface area contributed by atoms with Gasteiger partial charge in [0, 0.05) is 5.69 Å². The Bertz CT molecular complexity index is 508. The van der Waals surface area contributed by atoms with Gasteiger partial charge in [-0.25, -0.2) is 9.97 Å². The van der Waals surface area contributed by atoms with Crippen LogP contribution in [0.5, 0.6) is 0 Å². The summed E-state index contributed by atoms with van der Waals surface area (Å²) in [4.78, 5) is 7.95. The van der Waals surface area contributed by atoms with Gasteiger partial charge in [-0.3, -0.25) is 0 Å². The quantitative estimate of drug-likeness (QED) is 0.805. The highest BCUT2D eigenvalue weighted by Gasteiger charge is 2.04. The van der Waals surface area contributed by atoms with Crippen LogP contribution in [0.3, 0.4) is 0 Å². The van der Waals surface area contributed by atoms with Crippen molar-refractivity contribution in [3.05, 3.63) is 41.9 Å². The molecule has 0 radical (unpaired) electrons. The third kappa shape index (κ3) is 1.95. The number of nitrogens with one attached hydrogen (secondary N) is 1. The fourth-order valence-electron chi connectivity index (χ4n) is 1.46. The van der Waals surface area contributed by atoms with Gasteiger partial charge in [0.2, 0.25) is 0 Å². The molecule has 4 nitrogen and oxygen atoms in total. The highest BCUT2D eigenvalue weighted by Crippen LogP contribution is 2.23. The van der Waals surface area contributed by atoms with Gasteiger partial charge in [0.1, 0.15) is 6.33 Å². The molecular formula is C12H14N4. The normalized spacial score (nSPS) is 10.1. The maximum absolute atomic E-state index is 5.77. The Balaban J connectivity index is 2.35. The van der Waals surface area contributed by atoms with Gasteiger partial charge in [0.05, 0.1) is 11.9 Å². The highest BCUT2D eigenvalue weighted by atomic mass is 15.0. The molecule has 0 atom stereocenters. The Hall–Kier alpha value is -2.10. The molecule has 0 aliphatic carbocycles. The van der Waals surface area contributed by atoms with E-state index in [4.69, 9.17) is 5.73 Å². The number of nitrogens with zero attached hydrogens (tertiary/aromatic N) is 2. The first-order chi connectivity index (χ1) is 7.68. The zero-order valence-corrected chi connectivity index (χ0v) is 9.36. The monoisotopic (exact) mass is 214 g/mol. The minimum Gasteiger partial charge on any atom is -0.394 e. The molecule has 0 unspecified atom stereocenters. The molecule has 0 aliphatic rings. The predicted octanol–water partition coefficient (Wildman–Crippen LogP) is 2.42. The third-order valence-electron chi connectivity index (χ3n) is 2.60. The number of aryl methyl sites for hydroxylation is 1. The lowest BCUT2D eigenvalue weighted by molar-refractivity contribution is 1.17. The van der Waals surface area contributed by atoms with Gasteiger partial charge in [0.15, 0.2) is 5.82 Å². The van der Waals surface area contributed by atoms with E-state index in [0.29, 0.717) is 11.5 Å². The molecule has 0 aliphatic heterocycles. The van der Waals surface area contributed by atoms with Crippen LogP contribution in [0.4, 0.5) is 17.2 Å². The van der Waals surface area contributed by atoms with E-state index >= 15 is 0 Å². The molecule has 0 saturated carbocycles. The molecule has 1 aromatic heterocycles. The van der Waals surface area contributed by atoms with Crippen molar-refractivity contribution in [2.45, 2.75) is 13.8 Å². The van der Waals surface area contributed by atoms with Crippen LogP contribution in [0.15, 0.2) is 30.7 Å². The predicted molar refractivity (Wildman–Crippen MR) is 65.6 cm³/mol. The van der Waals surface area contributed by atoms with Gasteiger partial charge < -0.3 is 11.1 Å². The van der Waals surface area contributed by atoms with Crippen molar-refractivity contribution in [2.75, 3.05) is 11.1 Å². The Morgan fingerprint density at radius 2 is 2.06 bits per heavy atom. The topological polar surface area (TPSA) is 63.8 Å². The number of hydrogen-bond donors (Lipinski definition) is 2. The number of anilines is 3. The summed E-state index contributed by atoms with van der Waals surface area (Å²) in [5, 5.41) is 3.21. The summed E-state index contributed by atoms with van der Waals surface area (Å²) in [6.45, 7) is 4.14. The van der Waals surface area contributed by atoms with Crippen molar-refractivity contribution in [1.82, 2.24) is 9.97 Å². The molecule has 1 heterocycles. The molecule has 3 N–H and O–H groups in total. The first kappa shape index (κ1) is 10.4. The SMILES string of the molecule is Cc1cccc(Nc2ncncc2N)c1C. The summed E-state index contributed by atoms with van der Waals surface area (Å²) >= 11 is 0. The summed E-state index contributed by atoms with van der Waals surface area (Å²) < 4.78 is 0. The van der Waals surface area contributed by atoms with Crippen molar-refractivity contribution in [3.8, 4) is 0 Å². The van der Waals surface area contributed by atoms with Gasteiger partial charge in [0.25, 0.3) is 0 Å². The number of nitrogen functional groups attached to an aromatic ring is 1. The Morgan fingerprint density at radius 3 is 2.81 bits per heavy atom. The van der Waals surface area contributed by atoms with E-state index in [1.54, 1.807) is 6.20 Å². The van der Waals surface area contributed by atoms with E-state index in [0.717, 1.165) is 5.69 Å². The van der Waals surface area contributed by atoms with Crippen molar-refractivity contribution in [3.63, 3.8) is 0 Å². The van der Waals surface area contributed by atoms with Crippen LogP contribution < -0.4 is 11.1 Å². The molecule has 82 valence electrons. The molecule has 0 amide bonds. The zero-order valence-electron chi connectivity index (χ0n) is 9.36.